The van der Waals surface area contributed by atoms with E-state index in [4.69, 9.17) is 18.9 Å². The average Bonchev–Trinajstić information content (AvgIpc) is 2.95. The Kier molecular flexibility index (Phi) is 3.82. The van der Waals surface area contributed by atoms with Crippen LogP contribution >= 0.6 is 0 Å². The van der Waals surface area contributed by atoms with E-state index in [0.717, 1.165) is 0 Å². The summed E-state index contributed by atoms with van der Waals surface area (Å²) in [6.07, 6.45) is -0.0463. The van der Waals surface area contributed by atoms with Crippen molar-refractivity contribution in [3.05, 3.63) is 47.8 Å². The quantitative estimate of drug-likeness (QED) is 0.642. The van der Waals surface area contributed by atoms with Gasteiger partial charge in [-0.1, -0.05) is 6.07 Å². The molecule has 0 amide bonds. The molecule has 22 heavy (non-hydrogen) atoms. The van der Waals surface area contributed by atoms with Crippen molar-refractivity contribution in [1.82, 2.24) is 0 Å². The number of esters is 1. The SMILES string of the molecule is COc1ccc(CC(=O)Oc2ccc3c(c2)OCO3)cc1F. The molecular formula is C16H13FO5. The molecule has 0 spiro atoms. The summed E-state index contributed by atoms with van der Waals surface area (Å²) in [4.78, 5) is 11.9. The number of methoxy groups -OCH3 is 1. The smallest absolute Gasteiger partial charge is 0.315 e. The highest BCUT2D eigenvalue weighted by Crippen LogP contribution is 2.35. The molecule has 0 saturated carbocycles. The summed E-state index contributed by atoms with van der Waals surface area (Å²) in [5.41, 5.74) is 0.504. The van der Waals surface area contributed by atoms with Crippen LogP contribution in [0.3, 0.4) is 0 Å². The standard InChI is InChI=1S/C16H13FO5/c1-19-13-4-2-10(6-12(13)17)7-16(18)22-11-3-5-14-15(8-11)21-9-20-14/h2-6,8H,7,9H2,1H3. The maximum atomic E-state index is 13.6. The number of benzene rings is 2. The molecule has 0 radical (unpaired) electrons. The van der Waals surface area contributed by atoms with E-state index in [1.807, 2.05) is 0 Å². The maximum absolute atomic E-state index is 13.6. The molecule has 0 fully saturated rings. The molecule has 1 heterocycles. The number of ether oxygens (including phenoxy) is 4. The highest BCUT2D eigenvalue weighted by Gasteiger charge is 2.15. The Bertz CT molecular complexity index is 714. The Morgan fingerprint density at radius 1 is 1.18 bits per heavy atom. The van der Waals surface area contributed by atoms with Crippen molar-refractivity contribution in [3.8, 4) is 23.0 Å². The van der Waals surface area contributed by atoms with Gasteiger partial charge in [-0.2, -0.15) is 0 Å². The van der Waals surface area contributed by atoms with Crippen LogP contribution in [0.4, 0.5) is 4.39 Å². The molecule has 2 aromatic rings. The van der Waals surface area contributed by atoms with Gasteiger partial charge in [0.1, 0.15) is 5.75 Å². The van der Waals surface area contributed by atoms with Crippen molar-refractivity contribution in [1.29, 1.82) is 0 Å². The van der Waals surface area contributed by atoms with E-state index in [-0.39, 0.29) is 19.0 Å². The second-order valence-electron chi connectivity index (χ2n) is 4.63. The number of fused-ring (bicyclic) bond motifs is 1. The van der Waals surface area contributed by atoms with Crippen LogP contribution in [0.15, 0.2) is 36.4 Å². The first-order valence-corrected chi connectivity index (χ1v) is 6.58. The fraction of sp³-hybridized carbons (Fsp3) is 0.188. The molecule has 5 nitrogen and oxygen atoms in total. The van der Waals surface area contributed by atoms with Crippen LogP contribution in [0, 0.1) is 5.82 Å². The molecule has 1 aliphatic heterocycles. The molecule has 2 aromatic carbocycles. The van der Waals surface area contributed by atoms with E-state index in [9.17, 15) is 9.18 Å². The van der Waals surface area contributed by atoms with Crippen molar-refractivity contribution >= 4 is 5.97 Å². The van der Waals surface area contributed by atoms with Crippen LogP contribution < -0.4 is 18.9 Å². The molecule has 0 aromatic heterocycles. The van der Waals surface area contributed by atoms with Crippen LogP contribution in [-0.4, -0.2) is 19.9 Å². The minimum Gasteiger partial charge on any atom is -0.494 e. The first kappa shape index (κ1) is 14.2. The molecule has 0 bridgehead atoms. The van der Waals surface area contributed by atoms with Crippen LogP contribution in [0.1, 0.15) is 5.56 Å². The normalized spacial score (nSPS) is 12.1. The van der Waals surface area contributed by atoms with E-state index in [1.54, 1.807) is 24.3 Å². The third-order valence-electron chi connectivity index (χ3n) is 3.14. The minimum atomic E-state index is -0.518. The highest BCUT2D eigenvalue weighted by atomic mass is 19.1. The first-order chi connectivity index (χ1) is 10.7. The summed E-state index contributed by atoms with van der Waals surface area (Å²) >= 11 is 0. The van der Waals surface area contributed by atoms with Crippen molar-refractivity contribution < 1.29 is 28.1 Å². The van der Waals surface area contributed by atoms with Crippen LogP contribution in [0.5, 0.6) is 23.0 Å². The Morgan fingerprint density at radius 2 is 2.00 bits per heavy atom. The van der Waals surface area contributed by atoms with E-state index in [0.29, 0.717) is 22.8 Å². The second kappa shape index (κ2) is 5.93. The van der Waals surface area contributed by atoms with Crippen molar-refractivity contribution in [3.63, 3.8) is 0 Å². The molecule has 6 heteroatoms. The van der Waals surface area contributed by atoms with E-state index in [1.165, 1.54) is 19.2 Å². The van der Waals surface area contributed by atoms with Crippen molar-refractivity contribution in [2.24, 2.45) is 0 Å². The van der Waals surface area contributed by atoms with Gasteiger partial charge in [-0.05, 0) is 29.8 Å². The predicted molar refractivity (Wildman–Crippen MR) is 74.9 cm³/mol. The predicted octanol–water partition coefficient (Wildman–Crippen LogP) is 2.71. The zero-order valence-corrected chi connectivity index (χ0v) is 11.8. The first-order valence-electron chi connectivity index (χ1n) is 6.58. The van der Waals surface area contributed by atoms with Gasteiger partial charge in [-0.15, -0.1) is 0 Å². The van der Waals surface area contributed by atoms with Gasteiger partial charge < -0.3 is 18.9 Å². The van der Waals surface area contributed by atoms with Gasteiger partial charge in [0.15, 0.2) is 23.1 Å². The molecule has 0 saturated heterocycles. The van der Waals surface area contributed by atoms with Gasteiger partial charge in [0.2, 0.25) is 6.79 Å². The average molecular weight is 304 g/mol. The Hall–Kier alpha value is -2.76. The Labute approximate surface area is 126 Å². The van der Waals surface area contributed by atoms with E-state index in [2.05, 4.69) is 0 Å². The lowest BCUT2D eigenvalue weighted by Gasteiger charge is -2.07. The molecule has 0 N–H and O–H groups in total. The maximum Gasteiger partial charge on any atom is 0.315 e. The number of hydrogen-bond acceptors (Lipinski definition) is 5. The van der Waals surface area contributed by atoms with Crippen molar-refractivity contribution in [2.45, 2.75) is 6.42 Å². The fourth-order valence-corrected chi connectivity index (χ4v) is 2.09. The van der Waals surface area contributed by atoms with E-state index < -0.39 is 11.8 Å². The fourth-order valence-electron chi connectivity index (χ4n) is 2.09. The topological polar surface area (TPSA) is 54.0 Å². The number of halogens is 1. The van der Waals surface area contributed by atoms with Crippen molar-refractivity contribution in [2.75, 3.05) is 13.9 Å². The van der Waals surface area contributed by atoms with Gasteiger partial charge in [0.25, 0.3) is 0 Å². The Morgan fingerprint density at radius 3 is 2.77 bits per heavy atom. The lowest BCUT2D eigenvalue weighted by Crippen LogP contribution is -2.11. The number of carbonyl (C=O) groups is 1. The van der Waals surface area contributed by atoms with Gasteiger partial charge in [0, 0.05) is 6.07 Å². The Balaban J connectivity index is 1.66. The highest BCUT2D eigenvalue weighted by molar-refractivity contribution is 5.75. The summed E-state index contributed by atoms with van der Waals surface area (Å²) in [5, 5.41) is 0. The summed E-state index contributed by atoms with van der Waals surface area (Å²) in [6, 6.07) is 9.19. The summed E-state index contributed by atoms with van der Waals surface area (Å²) in [7, 11) is 1.38. The third kappa shape index (κ3) is 2.95. The van der Waals surface area contributed by atoms with Crippen LogP contribution in [0.25, 0.3) is 0 Å². The number of rotatable bonds is 4. The minimum absolute atomic E-state index is 0.0463. The molecular weight excluding hydrogens is 291 g/mol. The summed E-state index contributed by atoms with van der Waals surface area (Å²) < 4.78 is 34.0. The molecule has 0 atom stereocenters. The molecule has 0 aliphatic carbocycles. The zero-order valence-electron chi connectivity index (χ0n) is 11.8. The summed E-state index contributed by atoms with van der Waals surface area (Å²) in [5.74, 6) is 0.605. The van der Waals surface area contributed by atoms with Gasteiger partial charge in [0.05, 0.1) is 13.5 Å². The molecule has 0 unspecified atom stereocenters. The number of carbonyl (C=O) groups excluding carboxylic acids is 1. The monoisotopic (exact) mass is 304 g/mol. The molecule has 3 rings (SSSR count). The molecule has 114 valence electrons. The van der Waals surface area contributed by atoms with Gasteiger partial charge in [-0.25, -0.2) is 4.39 Å². The third-order valence-corrected chi connectivity index (χ3v) is 3.14. The largest absolute Gasteiger partial charge is 0.494 e. The van der Waals surface area contributed by atoms with Crippen LogP contribution in [0.2, 0.25) is 0 Å². The zero-order chi connectivity index (χ0) is 15.5. The second-order valence-corrected chi connectivity index (χ2v) is 4.63. The summed E-state index contributed by atoms with van der Waals surface area (Å²) in [6.45, 7) is 0.151. The van der Waals surface area contributed by atoms with Gasteiger partial charge >= 0.3 is 5.97 Å². The molecule has 1 aliphatic rings. The number of hydrogen-bond donors (Lipinski definition) is 0. The lowest BCUT2D eigenvalue weighted by atomic mass is 10.1. The van der Waals surface area contributed by atoms with E-state index >= 15 is 0 Å². The van der Waals surface area contributed by atoms with Crippen LogP contribution in [-0.2, 0) is 11.2 Å². The lowest BCUT2D eigenvalue weighted by molar-refractivity contribution is -0.133. The van der Waals surface area contributed by atoms with Gasteiger partial charge in [-0.3, -0.25) is 4.79 Å².